The SMILES string of the molecule is CCC(CC)(OC)C(=O)Cc1ccc(OC(F)(F)F)cc1. The van der Waals surface area contributed by atoms with Crippen molar-refractivity contribution >= 4 is 5.78 Å². The van der Waals surface area contributed by atoms with Crippen LogP contribution >= 0.6 is 0 Å². The standard InChI is InChI=1S/C15H19F3O3/c1-4-14(5-2,20-3)13(19)10-11-6-8-12(9-7-11)21-15(16,17)18/h6-9H,4-5,10H2,1-3H3. The van der Waals surface area contributed by atoms with Crippen molar-refractivity contribution in [2.45, 2.75) is 45.1 Å². The van der Waals surface area contributed by atoms with Crippen LogP contribution in [-0.4, -0.2) is 24.9 Å². The summed E-state index contributed by atoms with van der Waals surface area (Å²) in [7, 11) is 1.49. The highest BCUT2D eigenvalue weighted by Gasteiger charge is 2.34. The van der Waals surface area contributed by atoms with Gasteiger partial charge < -0.3 is 9.47 Å². The van der Waals surface area contributed by atoms with E-state index >= 15 is 0 Å². The number of carbonyl (C=O) groups is 1. The molecule has 118 valence electrons. The molecule has 0 aliphatic carbocycles. The zero-order chi connectivity index (χ0) is 16.1. The molecule has 21 heavy (non-hydrogen) atoms. The van der Waals surface area contributed by atoms with Crippen molar-refractivity contribution in [3.8, 4) is 5.75 Å². The van der Waals surface area contributed by atoms with Crippen LogP contribution in [0.2, 0.25) is 0 Å². The highest BCUT2D eigenvalue weighted by molar-refractivity contribution is 5.89. The summed E-state index contributed by atoms with van der Waals surface area (Å²) in [5.41, 5.74) is -0.209. The van der Waals surface area contributed by atoms with Crippen molar-refractivity contribution in [1.29, 1.82) is 0 Å². The first-order valence-electron chi connectivity index (χ1n) is 6.69. The second-order valence-electron chi connectivity index (χ2n) is 4.70. The van der Waals surface area contributed by atoms with Crippen molar-refractivity contribution in [2.24, 2.45) is 0 Å². The second-order valence-corrected chi connectivity index (χ2v) is 4.70. The fourth-order valence-electron chi connectivity index (χ4n) is 2.20. The van der Waals surface area contributed by atoms with Gasteiger partial charge in [-0.15, -0.1) is 13.2 Å². The lowest BCUT2D eigenvalue weighted by Crippen LogP contribution is -2.40. The molecule has 0 atom stereocenters. The van der Waals surface area contributed by atoms with Gasteiger partial charge in [0.2, 0.25) is 0 Å². The Balaban J connectivity index is 2.78. The number of benzene rings is 1. The molecule has 0 N–H and O–H groups in total. The van der Waals surface area contributed by atoms with E-state index in [-0.39, 0.29) is 18.0 Å². The summed E-state index contributed by atoms with van der Waals surface area (Å²) in [4.78, 5) is 12.3. The van der Waals surface area contributed by atoms with Gasteiger partial charge in [-0.05, 0) is 30.5 Å². The Bertz CT molecular complexity index is 454. The molecular weight excluding hydrogens is 285 g/mol. The maximum absolute atomic E-state index is 12.3. The fraction of sp³-hybridized carbons (Fsp3) is 0.533. The maximum atomic E-state index is 12.3. The topological polar surface area (TPSA) is 35.5 Å². The summed E-state index contributed by atoms with van der Waals surface area (Å²) >= 11 is 0. The van der Waals surface area contributed by atoms with Gasteiger partial charge in [-0.2, -0.15) is 0 Å². The van der Waals surface area contributed by atoms with Gasteiger partial charge in [-0.1, -0.05) is 26.0 Å². The molecule has 1 aromatic rings. The minimum atomic E-state index is -4.72. The Labute approximate surface area is 122 Å². The third kappa shape index (κ3) is 4.74. The maximum Gasteiger partial charge on any atom is 0.573 e. The van der Waals surface area contributed by atoms with E-state index in [9.17, 15) is 18.0 Å². The summed E-state index contributed by atoms with van der Waals surface area (Å²) in [6, 6.07) is 5.29. The van der Waals surface area contributed by atoms with Crippen molar-refractivity contribution in [3.63, 3.8) is 0 Å². The Morgan fingerprint density at radius 2 is 1.62 bits per heavy atom. The predicted octanol–water partition coefficient (Wildman–Crippen LogP) is 3.90. The highest BCUT2D eigenvalue weighted by atomic mass is 19.4. The Morgan fingerprint density at radius 3 is 2.00 bits per heavy atom. The molecule has 0 saturated carbocycles. The van der Waals surface area contributed by atoms with E-state index in [1.165, 1.54) is 31.4 Å². The summed E-state index contributed by atoms with van der Waals surface area (Å²) < 4.78 is 45.3. The monoisotopic (exact) mass is 304 g/mol. The molecule has 0 aromatic heterocycles. The molecule has 0 saturated heterocycles. The number of halogens is 3. The van der Waals surface area contributed by atoms with E-state index in [1.54, 1.807) is 0 Å². The van der Waals surface area contributed by atoms with Crippen LogP contribution in [0.5, 0.6) is 5.75 Å². The summed E-state index contributed by atoms with van der Waals surface area (Å²) in [6.45, 7) is 3.73. The number of ether oxygens (including phenoxy) is 2. The van der Waals surface area contributed by atoms with Gasteiger partial charge in [0.05, 0.1) is 0 Å². The number of carbonyl (C=O) groups excluding carboxylic acids is 1. The van der Waals surface area contributed by atoms with Crippen LogP contribution in [0.25, 0.3) is 0 Å². The Morgan fingerprint density at radius 1 is 1.10 bits per heavy atom. The van der Waals surface area contributed by atoms with E-state index in [2.05, 4.69) is 4.74 Å². The molecule has 1 aromatic carbocycles. The number of hydrogen-bond acceptors (Lipinski definition) is 3. The first kappa shape index (κ1) is 17.5. The van der Waals surface area contributed by atoms with Crippen molar-refractivity contribution in [3.05, 3.63) is 29.8 Å². The van der Waals surface area contributed by atoms with Crippen molar-refractivity contribution in [1.82, 2.24) is 0 Å². The van der Waals surface area contributed by atoms with Gasteiger partial charge in [0, 0.05) is 13.5 Å². The average Bonchev–Trinajstić information content (AvgIpc) is 2.42. The van der Waals surface area contributed by atoms with Gasteiger partial charge >= 0.3 is 6.36 Å². The normalized spacial score (nSPS) is 12.3. The summed E-state index contributed by atoms with van der Waals surface area (Å²) in [6.07, 6.45) is -3.50. The van der Waals surface area contributed by atoms with Gasteiger partial charge in [0.1, 0.15) is 11.4 Å². The molecule has 0 aliphatic heterocycles. The Hall–Kier alpha value is -1.56. The Kier molecular flexibility index (Phi) is 5.78. The summed E-state index contributed by atoms with van der Waals surface area (Å²) in [5, 5.41) is 0. The van der Waals surface area contributed by atoms with Crippen LogP contribution in [-0.2, 0) is 16.0 Å². The zero-order valence-corrected chi connectivity index (χ0v) is 12.3. The fourth-order valence-corrected chi connectivity index (χ4v) is 2.20. The average molecular weight is 304 g/mol. The number of rotatable bonds is 7. The predicted molar refractivity (Wildman–Crippen MR) is 72.2 cm³/mol. The lowest BCUT2D eigenvalue weighted by molar-refractivity contribution is -0.274. The molecule has 0 heterocycles. The van der Waals surface area contributed by atoms with Crippen LogP contribution < -0.4 is 4.74 Å². The number of methoxy groups -OCH3 is 1. The van der Waals surface area contributed by atoms with Gasteiger partial charge in [-0.25, -0.2) is 0 Å². The number of Topliss-reactive ketones (excluding diaryl/α,β-unsaturated/α-hetero) is 1. The van der Waals surface area contributed by atoms with Crippen LogP contribution in [0.3, 0.4) is 0 Å². The van der Waals surface area contributed by atoms with Crippen LogP contribution in [0.1, 0.15) is 32.3 Å². The van der Waals surface area contributed by atoms with E-state index < -0.39 is 12.0 Å². The molecule has 1 rings (SSSR count). The third-order valence-electron chi connectivity index (χ3n) is 3.56. The van der Waals surface area contributed by atoms with Crippen molar-refractivity contribution < 1.29 is 27.4 Å². The number of alkyl halides is 3. The summed E-state index contributed by atoms with van der Waals surface area (Å²) in [5.74, 6) is -0.387. The van der Waals surface area contributed by atoms with E-state index in [0.717, 1.165) is 0 Å². The van der Waals surface area contributed by atoms with Crippen LogP contribution in [0.15, 0.2) is 24.3 Å². The van der Waals surface area contributed by atoms with E-state index in [1.807, 2.05) is 13.8 Å². The highest BCUT2D eigenvalue weighted by Crippen LogP contribution is 2.25. The minimum absolute atomic E-state index is 0.0838. The molecular formula is C15H19F3O3. The first-order valence-corrected chi connectivity index (χ1v) is 6.69. The van der Waals surface area contributed by atoms with E-state index in [4.69, 9.17) is 4.74 Å². The minimum Gasteiger partial charge on any atom is -0.406 e. The van der Waals surface area contributed by atoms with Gasteiger partial charge in [0.25, 0.3) is 0 Å². The molecule has 0 unspecified atom stereocenters. The second kappa shape index (κ2) is 6.93. The molecule has 6 heteroatoms. The molecule has 0 radical (unpaired) electrons. The quantitative estimate of drug-likeness (QED) is 0.766. The molecule has 0 spiro atoms. The number of ketones is 1. The molecule has 3 nitrogen and oxygen atoms in total. The van der Waals surface area contributed by atoms with Gasteiger partial charge in [0.15, 0.2) is 5.78 Å². The smallest absolute Gasteiger partial charge is 0.406 e. The third-order valence-corrected chi connectivity index (χ3v) is 3.56. The molecule has 0 fully saturated rings. The van der Waals surface area contributed by atoms with E-state index in [0.29, 0.717) is 18.4 Å². The molecule has 0 aliphatic rings. The van der Waals surface area contributed by atoms with Crippen molar-refractivity contribution in [2.75, 3.05) is 7.11 Å². The lowest BCUT2D eigenvalue weighted by atomic mass is 9.88. The molecule has 0 amide bonds. The van der Waals surface area contributed by atoms with Gasteiger partial charge in [-0.3, -0.25) is 4.79 Å². The lowest BCUT2D eigenvalue weighted by Gasteiger charge is -2.28. The first-order chi connectivity index (χ1) is 9.76. The molecule has 0 bridgehead atoms. The zero-order valence-electron chi connectivity index (χ0n) is 12.3. The largest absolute Gasteiger partial charge is 0.573 e. The number of hydrogen-bond donors (Lipinski definition) is 0. The van der Waals surface area contributed by atoms with Crippen LogP contribution in [0.4, 0.5) is 13.2 Å². The van der Waals surface area contributed by atoms with Crippen LogP contribution in [0, 0.1) is 0 Å².